The van der Waals surface area contributed by atoms with E-state index in [0.29, 0.717) is 12.6 Å². The first-order valence-corrected chi connectivity index (χ1v) is 6.71. The molecule has 1 atom stereocenters. The van der Waals surface area contributed by atoms with E-state index in [1.165, 1.54) is 0 Å². The largest absolute Gasteiger partial charge is 0.496 e. The maximum atomic E-state index is 6.12. The number of hydrogen-bond donors (Lipinski definition) is 1. The van der Waals surface area contributed by atoms with Gasteiger partial charge in [0.25, 0.3) is 0 Å². The van der Waals surface area contributed by atoms with Gasteiger partial charge in [-0.25, -0.2) is 0 Å². The Balaban J connectivity index is 3.21. The summed E-state index contributed by atoms with van der Waals surface area (Å²) in [5.41, 5.74) is 8.30. The molecule has 0 radical (unpaired) electrons. The summed E-state index contributed by atoms with van der Waals surface area (Å²) in [7, 11) is 3.40. The van der Waals surface area contributed by atoms with E-state index in [0.717, 1.165) is 23.5 Å². The van der Waals surface area contributed by atoms with Crippen molar-refractivity contribution in [3.8, 4) is 5.75 Å². The van der Waals surface area contributed by atoms with Gasteiger partial charge in [0.15, 0.2) is 0 Å². The summed E-state index contributed by atoms with van der Waals surface area (Å²) >= 11 is 0. The maximum absolute atomic E-state index is 6.12. The second-order valence-corrected chi connectivity index (χ2v) is 4.96. The first-order valence-electron chi connectivity index (χ1n) is 6.71. The fourth-order valence-corrected chi connectivity index (χ4v) is 2.27. The molecule has 0 spiro atoms. The Labute approximate surface area is 116 Å². The Hall–Kier alpha value is -1.26. The molecule has 0 saturated carbocycles. The van der Waals surface area contributed by atoms with E-state index in [9.17, 15) is 0 Å². The molecule has 1 aromatic rings. The van der Waals surface area contributed by atoms with Crippen molar-refractivity contribution in [2.45, 2.75) is 32.9 Å². The zero-order chi connectivity index (χ0) is 14.4. The third kappa shape index (κ3) is 3.85. The van der Waals surface area contributed by atoms with Gasteiger partial charge in [-0.1, -0.05) is 6.07 Å². The van der Waals surface area contributed by atoms with E-state index < -0.39 is 0 Å². The highest BCUT2D eigenvalue weighted by Crippen LogP contribution is 2.34. The number of anilines is 1. The van der Waals surface area contributed by atoms with Crippen molar-refractivity contribution in [1.82, 2.24) is 0 Å². The Morgan fingerprint density at radius 2 is 1.89 bits per heavy atom. The van der Waals surface area contributed by atoms with Crippen LogP contribution in [-0.4, -0.2) is 33.4 Å². The molecule has 0 aromatic heterocycles. The highest BCUT2D eigenvalue weighted by atomic mass is 16.5. The van der Waals surface area contributed by atoms with Crippen LogP contribution >= 0.6 is 0 Å². The van der Waals surface area contributed by atoms with E-state index in [-0.39, 0.29) is 6.04 Å². The summed E-state index contributed by atoms with van der Waals surface area (Å²) in [5.74, 6) is 0.843. The van der Waals surface area contributed by atoms with Crippen LogP contribution < -0.4 is 15.4 Å². The van der Waals surface area contributed by atoms with Crippen LogP contribution in [-0.2, 0) is 4.74 Å². The quantitative estimate of drug-likeness (QED) is 0.824. The number of benzene rings is 1. The molecule has 0 bridgehead atoms. The summed E-state index contributed by atoms with van der Waals surface area (Å²) in [4.78, 5) is 2.30. The van der Waals surface area contributed by atoms with Crippen LogP contribution in [0.2, 0.25) is 0 Å². The predicted octanol–water partition coefficient (Wildman–Crippen LogP) is 2.58. The van der Waals surface area contributed by atoms with Crippen molar-refractivity contribution in [2.75, 3.05) is 32.3 Å². The topological polar surface area (TPSA) is 47.7 Å². The zero-order valence-corrected chi connectivity index (χ0v) is 12.6. The van der Waals surface area contributed by atoms with Gasteiger partial charge >= 0.3 is 0 Å². The summed E-state index contributed by atoms with van der Waals surface area (Å²) in [6.45, 7) is 7.84. The molecule has 0 heterocycles. The highest BCUT2D eigenvalue weighted by molar-refractivity contribution is 5.61. The minimum atomic E-state index is -0.0741. The number of rotatable bonds is 7. The lowest BCUT2D eigenvalue weighted by Gasteiger charge is -2.32. The van der Waals surface area contributed by atoms with E-state index in [1.807, 2.05) is 19.1 Å². The van der Waals surface area contributed by atoms with Gasteiger partial charge in [0.1, 0.15) is 5.75 Å². The molecular formula is C15H26N2O2. The lowest BCUT2D eigenvalue weighted by Crippen LogP contribution is -2.35. The van der Waals surface area contributed by atoms with E-state index in [1.54, 1.807) is 14.2 Å². The van der Waals surface area contributed by atoms with Gasteiger partial charge in [0.05, 0.1) is 13.7 Å². The van der Waals surface area contributed by atoms with E-state index >= 15 is 0 Å². The number of hydrogen-bond acceptors (Lipinski definition) is 4. The molecule has 0 amide bonds. The second kappa shape index (κ2) is 7.36. The molecule has 0 aliphatic carbocycles. The maximum Gasteiger partial charge on any atom is 0.125 e. The molecule has 0 saturated heterocycles. The second-order valence-electron chi connectivity index (χ2n) is 4.96. The van der Waals surface area contributed by atoms with Crippen molar-refractivity contribution in [2.24, 2.45) is 5.73 Å². The van der Waals surface area contributed by atoms with Crippen molar-refractivity contribution in [3.05, 3.63) is 23.8 Å². The van der Waals surface area contributed by atoms with Gasteiger partial charge in [-0.15, -0.1) is 0 Å². The highest BCUT2D eigenvalue weighted by Gasteiger charge is 2.19. The molecular weight excluding hydrogens is 240 g/mol. The molecule has 108 valence electrons. The van der Waals surface area contributed by atoms with Gasteiger partial charge in [-0.05, 0) is 32.9 Å². The fourth-order valence-electron chi connectivity index (χ4n) is 2.27. The van der Waals surface area contributed by atoms with Crippen LogP contribution in [0.4, 0.5) is 5.69 Å². The Bertz CT molecular complexity index is 392. The normalized spacial score (nSPS) is 12.6. The Morgan fingerprint density at radius 1 is 1.21 bits per heavy atom. The molecule has 1 rings (SSSR count). The summed E-state index contributed by atoms with van der Waals surface area (Å²) in [6, 6.07) is 6.35. The van der Waals surface area contributed by atoms with Crippen LogP contribution in [0.15, 0.2) is 18.2 Å². The average molecular weight is 266 g/mol. The van der Waals surface area contributed by atoms with Crippen molar-refractivity contribution < 1.29 is 9.47 Å². The molecule has 0 aliphatic heterocycles. The lowest BCUT2D eigenvalue weighted by molar-refractivity contribution is 0.203. The molecule has 1 aromatic carbocycles. The predicted molar refractivity (Wildman–Crippen MR) is 80.0 cm³/mol. The zero-order valence-electron chi connectivity index (χ0n) is 12.6. The monoisotopic (exact) mass is 266 g/mol. The average Bonchev–Trinajstić information content (AvgIpc) is 2.38. The SMILES string of the molecule is COCCN(c1cccc(OC)c1[C@H](C)N)C(C)C. The fraction of sp³-hybridized carbons (Fsp3) is 0.600. The summed E-state index contributed by atoms with van der Waals surface area (Å²) in [6.07, 6.45) is 0. The smallest absolute Gasteiger partial charge is 0.125 e. The first kappa shape index (κ1) is 15.8. The molecule has 19 heavy (non-hydrogen) atoms. The minimum Gasteiger partial charge on any atom is -0.496 e. The number of nitrogens with zero attached hydrogens (tertiary/aromatic N) is 1. The van der Waals surface area contributed by atoms with E-state index in [4.69, 9.17) is 15.2 Å². The third-order valence-corrected chi connectivity index (χ3v) is 3.19. The molecule has 0 unspecified atom stereocenters. The molecule has 0 aliphatic rings. The third-order valence-electron chi connectivity index (χ3n) is 3.19. The van der Waals surface area contributed by atoms with Crippen molar-refractivity contribution in [3.63, 3.8) is 0 Å². The minimum absolute atomic E-state index is 0.0741. The van der Waals surface area contributed by atoms with Crippen LogP contribution in [0, 0.1) is 0 Å². The summed E-state index contributed by atoms with van der Waals surface area (Å²) in [5, 5.41) is 0. The number of ether oxygens (including phenoxy) is 2. The van der Waals surface area contributed by atoms with Crippen LogP contribution in [0.1, 0.15) is 32.4 Å². The number of methoxy groups -OCH3 is 2. The lowest BCUT2D eigenvalue weighted by atomic mass is 10.0. The van der Waals surface area contributed by atoms with Gasteiger partial charge in [0, 0.05) is 37.0 Å². The van der Waals surface area contributed by atoms with Crippen LogP contribution in [0.25, 0.3) is 0 Å². The van der Waals surface area contributed by atoms with Gasteiger partial charge in [-0.3, -0.25) is 0 Å². The Morgan fingerprint density at radius 3 is 2.37 bits per heavy atom. The first-order chi connectivity index (χ1) is 9.02. The van der Waals surface area contributed by atoms with Crippen molar-refractivity contribution >= 4 is 5.69 Å². The molecule has 2 N–H and O–H groups in total. The van der Waals surface area contributed by atoms with Gasteiger partial charge < -0.3 is 20.1 Å². The van der Waals surface area contributed by atoms with Gasteiger partial charge in [0.2, 0.25) is 0 Å². The molecule has 4 nitrogen and oxygen atoms in total. The molecule has 0 fully saturated rings. The van der Waals surface area contributed by atoms with Crippen LogP contribution in [0.3, 0.4) is 0 Å². The standard InChI is InChI=1S/C15H26N2O2/c1-11(2)17(9-10-18-4)13-7-6-8-14(19-5)15(13)12(3)16/h6-8,11-12H,9-10,16H2,1-5H3/t12-/m0/s1. The Kier molecular flexibility index (Phi) is 6.12. The number of nitrogens with two attached hydrogens (primary N) is 1. The summed E-state index contributed by atoms with van der Waals surface area (Å²) < 4.78 is 10.6. The molecule has 4 heteroatoms. The van der Waals surface area contributed by atoms with Crippen molar-refractivity contribution in [1.29, 1.82) is 0 Å². The van der Waals surface area contributed by atoms with E-state index in [2.05, 4.69) is 24.8 Å². The van der Waals surface area contributed by atoms with Gasteiger partial charge in [-0.2, -0.15) is 0 Å². The van der Waals surface area contributed by atoms with Crippen LogP contribution in [0.5, 0.6) is 5.75 Å².